The second-order valence-corrected chi connectivity index (χ2v) is 36.7. The predicted molar refractivity (Wildman–Crippen MR) is 153 cm³/mol. The Hall–Kier alpha value is 0.588. The van der Waals surface area contributed by atoms with E-state index in [0.717, 1.165) is 5.30 Å². The lowest BCUT2D eigenvalue weighted by atomic mass is 10.4. The summed E-state index contributed by atoms with van der Waals surface area (Å²) >= 11 is 0. The van der Waals surface area contributed by atoms with Gasteiger partial charge in [-0.25, -0.2) is 0 Å². The third kappa shape index (κ3) is 9.77. The first-order chi connectivity index (χ1) is 13.8. The highest BCUT2D eigenvalue weighted by atomic mass is 31.2. The van der Waals surface area contributed by atoms with Gasteiger partial charge < -0.3 is 4.52 Å². The molecule has 2 unspecified atom stereocenters. The maximum Gasteiger partial charge on any atom is 0.211 e. The van der Waals surface area contributed by atoms with Crippen molar-refractivity contribution < 1.29 is 8.83 Å². The van der Waals surface area contributed by atoms with Crippen molar-refractivity contribution in [2.24, 2.45) is 4.41 Å². The number of hydrogen-bond acceptors (Lipinski definition) is 3. The fourth-order valence-electron chi connectivity index (χ4n) is 3.77. The molecule has 0 radical (unpaired) electrons. The van der Waals surface area contributed by atoms with Gasteiger partial charge >= 0.3 is 0 Å². The number of nitrogens with one attached hydrogen (secondary N) is 1. The van der Waals surface area contributed by atoms with Crippen LogP contribution in [0.3, 0.4) is 0 Å². The van der Waals surface area contributed by atoms with E-state index in [2.05, 4.69) is 125 Å². The summed E-state index contributed by atoms with van der Waals surface area (Å²) in [6.45, 7) is 31.4. The smallest absolute Gasteiger partial charge is 0.211 e. The van der Waals surface area contributed by atoms with Crippen molar-refractivity contribution in [3.8, 4) is 0 Å². The van der Waals surface area contributed by atoms with Gasteiger partial charge in [-0.2, -0.15) is 0 Å². The summed E-state index contributed by atoms with van der Waals surface area (Å²) in [4.78, 5) is 0. The number of nitrogens with zero attached hydrogens (tertiary/aromatic N) is 2. The van der Waals surface area contributed by atoms with E-state index >= 15 is 0 Å². The molecule has 0 amide bonds. The molecular formula is C20H47N3O2P2Si4. The zero-order valence-corrected chi connectivity index (χ0v) is 28.0. The van der Waals surface area contributed by atoms with Crippen LogP contribution in [0.15, 0.2) is 34.7 Å². The van der Waals surface area contributed by atoms with Crippen LogP contribution in [-0.2, 0) is 8.83 Å². The van der Waals surface area contributed by atoms with Crippen molar-refractivity contribution >= 4 is 54.2 Å². The van der Waals surface area contributed by atoms with Gasteiger partial charge in [-0.1, -0.05) is 77.1 Å². The van der Waals surface area contributed by atoms with Crippen LogP contribution in [0.25, 0.3) is 0 Å². The molecule has 0 bridgehead atoms. The molecule has 0 saturated carbocycles. The Labute approximate surface area is 198 Å². The molecule has 1 aromatic carbocycles. The Bertz CT molecular complexity index is 741. The van der Waals surface area contributed by atoms with Crippen molar-refractivity contribution in [1.29, 1.82) is 0 Å². The first-order valence-electron chi connectivity index (χ1n) is 11.2. The van der Waals surface area contributed by atoms with E-state index in [1.807, 2.05) is 0 Å². The third-order valence-corrected chi connectivity index (χ3v) is 26.2. The molecule has 0 aliphatic carbocycles. The summed E-state index contributed by atoms with van der Waals surface area (Å²) in [5.74, 6) is 0. The lowest BCUT2D eigenvalue weighted by molar-refractivity contribution is 0.344. The van der Waals surface area contributed by atoms with Crippen LogP contribution in [-0.4, -0.2) is 43.6 Å². The molecule has 1 N–H and O–H groups in total. The summed E-state index contributed by atoms with van der Waals surface area (Å²) < 4.78 is 26.2. The molecule has 0 fully saturated rings. The van der Waals surface area contributed by atoms with Gasteiger partial charge in [-0.15, -0.1) is 0 Å². The molecule has 0 spiro atoms. The van der Waals surface area contributed by atoms with Gasteiger partial charge in [-0.3, -0.25) is 17.5 Å². The molecule has 180 valence electrons. The summed E-state index contributed by atoms with van der Waals surface area (Å²) in [5, 5.41) is 1.12. The van der Waals surface area contributed by atoms with Crippen molar-refractivity contribution in [3.63, 3.8) is 0 Å². The molecule has 1 rings (SSSR count). The van der Waals surface area contributed by atoms with Crippen molar-refractivity contribution in [1.82, 2.24) is 8.75 Å². The molecule has 0 aliphatic rings. The van der Waals surface area contributed by atoms with Crippen LogP contribution < -0.4 is 10.1 Å². The van der Waals surface area contributed by atoms with Gasteiger partial charge in [-0.05, 0) is 38.7 Å². The Morgan fingerprint density at radius 3 is 1.71 bits per heavy atom. The zero-order chi connectivity index (χ0) is 24.3. The van der Waals surface area contributed by atoms with Crippen LogP contribution >= 0.6 is 16.0 Å². The number of benzene rings is 1. The van der Waals surface area contributed by atoms with Crippen molar-refractivity contribution in [2.45, 2.75) is 85.5 Å². The van der Waals surface area contributed by atoms with Crippen LogP contribution in [0.2, 0.25) is 78.6 Å². The van der Waals surface area contributed by atoms with Gasteiger partial charge in [0, 0.05) is 5.30 Å². The Morgan fingerprint density at radius 2 is 1.35 bits per heavy atom. The quantitative estimate of drug-likeness (QED) is 0.231. The van der Waals surface area contributed by atoms with Crippen LogP contribution in [0.5, 0.6) is 0 Å². The van der Waals surface area contributed by atoms with Crippen LogP contribution in [0.1, 0.15) is 6.92 Å². The molecule has 0 saturated heterocycles. The molecule has 31 heavy (non-hydrogen) atoms. The van der Waals surface area contributed by atoms with Gasteiger partial charge in [0.15, 0.2) is 8.24 Å². The SMILES string of the molecule is CCOP(OP(=N[Si](C)(C)C)(N[Si](C)(C)C)N([Si](C)(C)C)[Si](C)(C)C)c1ccccc1. The summed E-state index contributed by atoms with van der Waals surface area (Å²) in [7, 11) is -10.9. The highest BCUT2D eigenvalue weighted by Gasteiger charge is 2.49. The largest absolute Gasteiger partial charge is 0.331 e. The third-order valence-electron chi connectivity index (χ3n) is 3.86. The summed E-state index contributed by atoms with van der Waals surface area (Å²) in [6, 6.07) is 10.5. The van der Waals surface area contributed by atoms with E-state index in [4.69, 9.17) is 13.2 Å². The van der Waals surface area contributed by atoms with E-state index in [1.54, 1.807) is 0 Å². The molecule has 0 aliphatic heterocycles. The van der Waals surface area contributed by atoms with Crippen LogP contribution in [0, 0.1) is 0 Å². The zero-order valence-electron chi connectivity index (χ0n) is 22.2. The average molecular weight is 536 g/mol. The van der Waals surface area contributed by atoms with E-state index in [9.17, 15) is 0 Å². The van der Waals surface area contributed by atoms with E-state index < -0.39 is 48.9 Å². The van der Waals surface area contributed by atoms with Gasteiger partial charge in [0.25, 0.3) is 0 Å². The van der Waals surface area contributed by atoms with Crippen molar-refractivity contribution in [3.05, 3.63) is 30.3 Å². The highest BCUT2D eigenvalue weighted by molar-refractivity contribution is 7.73. The number of hydrogen-bond donors (Lipinski definition) is 1. The summed E-state index contributed by atoms with van der Waals surface area (Å²) in [5.41, 5.74) is 0. The van der Waals surface area contributed by atoms with E-state index in [1.165, 1.54) is 0 Å². The maximum absolute atomic E-state index is 7.27. The number of rotatable bonds is 11. The standard InChI is InChI=1S/C20H47N3O2P2Si4/c1-14-24-26(20-18-16-15-17-19-20)25-27(21-28(2,3)4,22-29(5,6)7)23(30(8,9)10)31(11,12)13/h15-19,21H,14H2,1-13H3. The monoisotopic (exact) mass is 535 g/mol. The minimum absolute atomic E-state index is 0.625. The van der Waals surface area contributed by atoms with Crippen molar-refractivity contribution in [2.75, 3.05) is 6.61 Å². The Morgan fingerprint density at radius 1 is 0.871 bits per heavy atom. The van der Waals surface area contributed by atoms with Crippen LogP contribution in [0.4, 0.5) is 0 Å². The lowest BCUT2D eigenvalue weighted by Crippen LogP contribution is -2.60. The summed E-state index contributed by atoms with van der Waals surface area (Å²) in [6.07, 6.45) is 0. The molecule has 1 aromatic rings. The normalized spacial score (nSPS) is 16.8. The highest BCUT2D eigenvalue weighted by Crippen LogP contribution is 2.65. The lowest BCUT2D eigenvalue weighted by Gasteiger charge is -2.53. The molecule has 0 heterocycles. The average Bonchev–Trinajstić information content (AvgIpc) is 2.48. The van der Waals surface area contributed by atoms with Gasteiger partial charge in [0.1, 0.15) is 24.7 Å². The second-order valence-electron chi connectivity index (χ2n) is 11.9. The first kappa shape index (κ1) is 29.6. The maximum atomic E-state index is 7.27. The topological polar surface area (TPSA) is 46.1 Å². The molecule has 2 atom stereocenters. The van der Waals surface area contributed by atoms with E-state index in [-0.39, 0.29) is 0 Å². The fourth-order valence-corrected chi connectivity index (χ4v) is 32.3. The van der Waals surface area contributed by atoms with E-state index in [0.29, 0.717) is 6.61 Å². The predicted octanol–water partition coefficient (Wildman–Crippen LogP) is 7.85. The molecule has 11 heteroatoms. The van der Waals surface area contributed by atoms with Gasteiger partial charge in [0.05, 0.1) is 6.61 Å². The minimum atomic E-state index is -2.48. The fraction of sp³-hybridized carbons (Fsp3) is 0.700. The Balaban J connectivity index is 3.91. The molecule has 5 nitrogen and oxygen atoms in total. The Kier molecular flexibility index (Phi) is 10.4. The second kappa shape index (κ2) is 10.9. The molecular weight excluding hydrogens is 489 g/mol. The first-order valence-corrected chi connectivity index (χ1v) is 27.9. The molecule has 0 aromatic heterocycles. The minimum Gasteiger partial charge on any atom is -0.331 e. The van der Waals surface area contributed by atoms with Gasteiger partial charge in [0.2, 0.25) is 16.0 Å².